The second-order valence-corrected chi connectivity index (χ2v) is 3.55. The number of methoxy groups -OCH3 is 1. The van der Waals surface area contributed by atoms with Crippen molar-refractivity contribution in [1.29, 1.82) is 5.26 Å². The maximum absolute atomic E-state index is 11.1. The monoisotopic (exact) mass is 266 g/mol. The number of hydrogen-bond donors (Lipinski definition) is 2. The van der Waals surface area contributed by atoms with Gasteiger partial charge in [-0.05, 0) is 6.07 Å². The minimum atomic E-state index is -1.88. The van der Waals surface area contributed by atoms with E-state index in [-0.39, 0.29) is 16.8 Å². The van der Waals surface area contributed by atoms with Crippen molar-refractivity contribution >= 4 is 11.7 Å². The zero-order valence-corrected chi connectivity index (χ0v) is 9.81. The van der Waals surface area contributed by atoms with E-state index in [1.807, 2.05) is 0 Å². The number of nitro groups is 1. The Morgan fingerprint density at radius 1 is 1.53 bits per heavy atom. The molecule has 0 heterocycles. The maximum Gasteiger partial charge on any atom is 0.337 e. The summed E-state index contributed by atoms with van der Waals surface area (Å²) in [5, 5.41) is 38.6. The lowest BCUT2D eigenvalue weighted by molar-refractivity contribution is -0.384. The van der Waals surface area contributed by atoms with Gasteiger partial charge in [0.25, 0.3) is 5.69 Å². The van der Waals surface area contributed by atoms with E-state index in [1.165, 1.54) is 0 Å². The fraction of sp³-hybridized carbons (Fsp3) is 0.273. The van der Waals surface area contributed by atoms with Gasteiger partial charge in [-0.3, -0.25) is 10.1 Å². The van der Waals surface area contributed by atoms with Crippen LogP contribution in [-0.4, -0.2) is 34.3 Å². The first kappa shape index (κ1) is 14.6. The Hall–Kier alpha value is -2.50. The lowest BCUT2D eigenvalue weighted by Gasteiger charge is -2.16. The number of nitriles is 1. The van der Waals surface area contributed by atoms with Gasteiger partial charge in [-0.1, -0.05) is 0 Å². The number of hydrogen-bond acceptors (Lipinski definition) is 7. The maximum atomic E-state index is 11.1. The van der Waals surface area contributed by atoms with Gasteiger partial charge < -0.3 is 14.9 Å². The Kier molecular flexibility index (Phi) is 4.52. The number of rotatable bonds is 4. The van der Waals surface area contributed by atoms with Crippen LogP contribution >= 0.6 is 0 Å². The first-order valence-corrected chi connectivity index (χ1v) is 5.04. The van der Waals surface area contributed by atoms with Crippen molar-refractivity contribution in [1.82, 2.24) is 0 Å². The predicted octanol–water partition coefficient (Wildman–Crippen LogP) is 0.0338. The number of carbonyl (C=O) groups is 1. The Bertz CT molecular complexity index is 551. The van der Waals surface area contributed by atoms with Crippen LogP contribution < -0.4 is 0 Å². The molecule has 1 aromatic carbocycles. The highest BCUT2D eigenvalue weighted by Crippen LogP contribution is 2.25. The molecule has 0 amide bonds. The van der Waals surface area contributed by atoms with Gasteiger partial charge in [-0.15, -0.1) is 0 Å². The fourth-order valence-corrected chi connectivity index (χ4v) is 1.43. The number of nitro benzene ring substituents is 1. The summed E-state index contributed by atoms with van der Waals surface area (Å²) in [7, 11) is 1.03. The number of non-ortho nitro benzene ring substituents is 1. The summed E-state index contributed by atoms with van der Waals surface area (Å²) in [6.07, 6.45) is -3.58. The third-order valence-corrected chi connectivity index (χ3v) is 2.43. The van der Waals surface area contributed by atoms with Gasteiger partial charge in [0.2, 0.25) is 0 Å². The van der Waals surface area contributed by atoms with Crippen LogP contribution in [0.2, 0.25) is 0 Å². The summed E-state index contributed by atoms with van der Waals surface area (Å²) in [6, 6.07) is 4.77. The second kappa shape index (κ2) is 5.90. The van der Waals surface area contributed by atoms with Crippen molar-refractivity contribution < 1.29 is 24.7 Å². The topological polar surface area (TPSA) is 134 Å². The van der Waals surface area contributed by atoms with Gasteiger partial charge in [0.15, 0.2) is 6.10 Å². The largest absolute Gasteiger partial charge is 0.467 e. The van der Waals surface area contributed by atoms with E-state index >= 15 is 0 Å². The molecule has 100 valence electrons. The second-order valence-electron chi connectivity index (χ2n) is 3.55. The summed E-state index contributed by atoms with van der Waals surface area (Å²) in [5.41, 5.74) is -0.629. The number of ether oxygens (including phenoxy) is 1. The molecule has 0 aliphatic carbocycles. The molecule has 2 atom stereocenters. The minimum absolute atomic E-state index is 0.0917. The van der Waals surface area contributed by atoms with Gasteiger partial charge in [0.1, 0.15) is 6.10 Å². The molecule has 0 bridgehead atoms. The zero-order chi connectivity index (χ0) is 14.6. The molecule has 0 aromatic heterocycles. The van der Waals surface area contributed by atoms with Crippen LogP contribution in [0.15, 0.2) is 18.2 Å². The quantitative estimate of drug-likeness (QED) is 0.446. The van der Waals surface area contributed by atoms with E-state index in [1.54, 1.807) is 6.07 Å². The summed E-state index contributed by atoms with van der Waals surface area (Å²) in [4.78, 5) is 20.9. The lowest BCUT2D eigenvalue weighted by atomic mass is 9.98. The molecule has 0 aliphatic heterocycles. The van der Waals surface area contributed by atoms with Crippen molar-refractivity contribution in [3.8, 4) is 6.07 Å². The minimum Gasteiger partial charge on any atom is -0.467 e. The molecule has 0 fully saturated rings. The third-order valence-electron chi connectivity index (χ3n) is 2.43. The number of carbonyl (C=O) groups excluding carboxylic acids is 1. The number of aliphatic hydroxyl groups excluding tert-OH is 2. The SMILES string of the molecule is COC(=O)C(O)C(O)c1ccc([N+](=O)[O-])cc1C#N. The molecule has 1 rings (SSSR count). The summed E-state index contributed by atoms with van der Waals surface area (Å²) < 4.78 is 4.25. The standard InChI is InChI=1S/C11H10N2O6/c1-19-11(16)10(15)9(14)8-3-2-7(13(17)18)4-6(8)5-12/h2-4,9-10,14-15H,1H3. The molecular weight excluding hydrogens is 256 g/mol. The van der Waals surface area contributed by atoms with Crippen molar-refractivity contribution in [3.63, 3.8) is 0 Å². The third kappa shape index (κ3) is 3.04. The van der Waals surface area contributed by atoms with E-state index < -0.39 is 23.1 Å². The van der Waals surface area contributed by atoms with Gasteiger partial charge in [0, 0.05) is 17.7 Å². The van der Waals surface area contributed by atoms with Crippen LogP contribution in [0, 0.1) is 21.4 Å². The van der Waals surface area contributed by atoms with Gasteiger partial charge >= 0.3 is 5.97 Å². The first-order chi connectivity index (χ1) is 8.92. The Balaban J connectivity index is 3.17. The average Bonchev–Trinajstić information content (AvgIpc) is 2.43. The summed E-state index contributed by atoms with van der Waals surface area (Å²) in [6.45, 7) is 0. The van der Waals surface area contributed by atoms with Crippen LogP contribution in [-0.2, 0) is 9.53 Å². The van der Waals surface area contributed by atoms with Crippen LogP contribution in [0.1, 0.15) is 17.2 Å². The highest BCUT2D eigenvalue weighted by atomic mass is 16.6. The number of esters is 1. The van der Waals surface area contributed by atoms with Gasteiger partial charge in [-0.2, -0.15) is 5.26 Å². The van der Waals surface area contributed by atoms with Crippen LogP contribution in [0.4, 0.5) is 5.69 Å². The molecule has 2 unspecified atom stereocenters. The van der Waals surface area contributed by atoms with Crippen molar-refractivity contribution in [2.24, 2.45) is 0 Å². The van der Waals surface area contributed by atoms with Crippen molar-refractivity contribution in [2.45, 2.75) is 12.2 Å². The Morgan fingerprint density at radius 3 is 2.63 bits per heavy atom. The van der Waals surface area contributed by atoms with Crippen molar-refractivity contribution in [2.75, 3.05) is 7.11 Å². The molecule has 0 saturated heterocycles. The number of aliphatic hydroxyl groups is 2. The van der Waals surface area contributed by atoms with Crippen LogP contribution in [0.25, 0.3) is 0 Å². The van der Waals surface area contributed by atoms with E-state index in [0.29, 0.717) is 0 Å². The first-order valence-electron chi connectivity index (χ1n) is 5.04. The van der Waals surface area contributed by atoms with Crippen LogP contribution in [0.3, 0.4) is 0 Å². The van der Waals surface area contributed by atoms with E-state index in [9.17, 15) is 25.1 Å². The van der Waals surface area contributed by atoms with Gasteiger partial charge in [-0.25, -0.2) is 4.79 Å². The fourth-order valence-electron chi connectivity index (χ4n) is 1.43. The molecule has 2 N–H and O–H groups in total. The molecule has 0 radical (unpaired) electrons. The lowest BCUT2D eigenvalue weighted by Crippen LogP contribution is -2.29. The van der Waals surface area contributed by atoms with Crippen molar-refractivity contribution in [3.05, 3.63) is 39.4 Å². The highest BCUT2D eigenvalue weighted by Gasteiger charge is 2.29. The average molecular weight is 266 g/mol. The molecule has 0 saturated carbocycles. The summed E-state index contributed by atoms with van der Waals surface area (Å²) >= 11 is 0. The Labute approximate surface area is 107 Å². The molecule has 1 aromatic rings. The molecule has 19 heavy (non-hydrogen) atoms. The molecule has 0 aliphatic rings. The van der Waals surface area contributed by atoms with E-state index in [0.717, 1.165) is 25.3 Å². The van der Waals surface area contributed by atoms with E-state index in [4.69, 9.17) is 5.26 Å². The smallest absolute Gasteiger partial charge is 0.337 e. The summed E-state index contributed by atoms with van der Waals surface area (Å²) in [5.74, 6) is -1.07. The molecule has 8 heteroatoms. The zero-order valence-electron chi connectivity index (χ0n) is 9.81. The van der Waals surface area contributed by atoms with Crippen LogP contribution in [0.5, 0.6) is 0 Å². The predicted molar refractivity (Wildman–Crippen MR) is 60.8 cm³/mol. The molecular formula is C11H10N2O6. The number of benzene rings is 1. The van der Waals surface area contributed by atoms with Gasteiger partial charge in [0.05, 0.1) is 23.7 Å². The highest BCUT2D eigenvalue weighted by molar-refractivity contribution is 5.75. The molecule has 0 spiro atoms. The number of nitrogens with zero attached hydrogens (tertiary/aromatic N) is 2. The molecule has 8 nitrogen and oxygen atoms in total. The van der Waals surface area contributed by atoms with E-state index in [2.05, 4.69) is 4.74 Å². The Morgan fingerprint density at radius 2 is 2.16 bits per heavy atom. The normalized spacial score (nSPS) is 13.2.